The van der Waals surface area contributed by atoms with Crippen molar-refractivity contribution in [3.8, 4) is 5.75 Å². The number of piperidine rings is 1. The second-order valence-corrected chi connectivity index (χ2v) is 9.64. The number of rotatable bonds is 11. The molecule has 7 heteroatoms. The zero-order valence-corrected chi connectivity index (χ0v) is 19.4. The van der Waals surface area contributed by atoms with Crippen molar-refractivity contribution in [2.24, 2.45) is 5.92 Å². The maximum Gasteiger partial charge on any atom is 0.135 e. The molecule has 1 aromatic rings. The van der Waals surface area contributed by atoms with Gasteiger partial charge >= 0.3 is 0 Å². The van der Waals surface area contributed by atoms with Crippen molar-refractivity contribution in [2.45, 2.75) is 56.0 Å². The standard InChI is InChI=1S/C25H37NO6/c1-26-8-7-25-19-5-6-21(31-14-13-30-12-11-29-10-9-28-2)24(25)32-23-18(16-27)4-3-17(22(23)25)15-20(19)26/h3-4,19-21,24,27H,5-16H2,1-2H3/t19?,20?,21-,24-,25-/m0/s1. The summed E-state index contributed by atoms with van der Waals surface area (Å²) in [7, 11) is 3.94. The van der Waals surface area contributed by atoms with Crippen molar-refractivity contribution < 1.29 is 28.8 Å². The van der Waals surface area contributed by atoms with E-state index in [0.717, 1.165) is 43.5 Å². The molecule has 2 bridgehead atoms. The van der Waals surface area contributed by atoms with Crippen LogP contribution in [0.5, 0.6) is 5.75 Å². The Balaban J connectivity index is 1.26. The molecular formula is C25H37NO6. The molecule has 5 rings (SSSR count). The van der Waals surface area contributed by atoms with Gasteiger partial charge in [0.05, 0.1) is 52.4 Å². The molecule has 1 saturated heterocycles. The number of benzene rings is 1. The van der Waals surface area contributed by atoms with Gasteiger partial charge in [-0.25, -0.2) is 0 Å². The van der Waals surface area contributed by atoms with Gasteiger partial charge in [-0.2, -0.15) is 0 Å². The average molecular weight is 448 g/mol. The van der Waals surface area contributed by atoms with Gasteiger partial charge in [0.25, 0.3) is 0 Å². The predicted octanol–water partition coefficient (Wildman–Crippen LogP) is 1.91. The first-order valence-electron chi connectivity index (χ1n) is 12.1. The van der Waals surface area contributed by atoms with E-state index in [1.807, 2.05) is 0 Å². The van der Waals surface area contributed by atoms with Crippen molar-refractivity contribution in [1.29, 1.82) is 0 Å². The second kappa shape index (κ2) is 9.57. The Morgan fingerprint density at radius 1 is 1.09 bits per heavy atom. The van der Waals surface area contributed by atoms with Crippen LogP contribution in [-0.2, 0) is 37.4 Å². The lowest BCUT2D eigenvalue weighted by molar-refractivity contribution is -0.129. The number of aliphatic hydroxyl groups is 1. The number of methoxy groups -OCH3 is 1. The maximum atomic E-state index is 9.98. The van der Waals surface area contributed by atoms with E-state index in [1.165, 1.54) is 11.1 Å². The summed E-state index contributed by atoms with van der Waals surface area (Å²) in [5.41, 5.74) is 3.73. The summed E-state index contributed by atoms with van der Waals surface area (Å²) in [5, 5.41) is 9.98. The number of aliphatic hydroxyl groups excluding tert-OH is 1. The topological polar surface area (TPSA) is 69.6 Å². The van der Waals surface area contributed by atoms with E-state index in [-0.39, 0.29) is 24.2 Å². The Kier molecular flexibility index (Phi) is 6.75. The summed E-state index contributed by atoms with van der Waals surface area (Å²) >= 11 is 0. The highest BCUT2D eigenvalue weighted by atomic mass is 16.6. The molecule has 5 atom stereocenters. The molecule has 1 N–H and O–H groups in total. The molecule has 2 aliphatic heterocycles. The summed E-state index contributed by atoms with van der Waals surface area (Å²) in [6.07, 6.45) is 4.44. The zero-order valence-electron chi connectivity index (χ0n) is 19.4. The van der Waals surface area contributed by atoms with Crippen LogP contribution in [0, 0.1) is 5.92 Å². The Bertz CT molecular complexity index is 803. The van der Waals surface area contributed by atoms with Gasteiger partial charge in [0.15, 0.2) is 0 Å². The SMILES string of the molecule is COCCOCCOCCO[C@H]1CCC2C3Cc4ccc(CO)c5c4[C@@]2(CCN3C)[C@H]1O5. The quantitative estimate of drug-likeness (QED) is 0.520. The van der Waals surface area contributed by atoms with Crippen molar-refractivity contribution in [2.75, 3.05) is 60.3 Å². The third-order valence-electron chi connectivity index (χ3n) is 8.18. The molecule has 2 fully saturated rings. The molecule has 2 unspecified atom stereocenters. The van der Waals surface area contributed by atoms with Crippen LogP contribution in [0.1, 0.15) is 36.0 Å². The van der Waals surface area contributed by atoms with Gasteiger partial charge in [0, 0.05) is 29.7 Å². The molecule has 7 nitrogen and oxygen atoms in total. The molecule has 178 valence electrons. The van der Waals surface area contributed by atoms with Crippen LogP contribution in [0.25, 0.3) is 0 Å². The van der Waals surface area contributed by atoms with E-state index in [4.69, 9.17) is 23.7 Å². The molecule has 0 amide bonds. The normalized spacial score (nSPS) is 32.6. The Morgan fingerprint density at radius 3 is 2.66 bits per heavy atom. The van der Waals surface area contributed by atoms with Gasteiger partial charge in [-0.15, -0.1) is 0 Å². The monoisotopic (exact) mass is 447 g/mol. The largest absolute Gasteiger partial charge is 0.486 e. The minimum Gasteiger partial charge on any atom is -0.486 e. The van der Waals surface area contributed by atoms with Gasteiger partial charge in [0.1, 0.15) is 11.9 Å². The smallest absolute Gasteiger partial charge is 0.135 e. The van der Waals surface area contributed by atoms with Crippen LogP contribution >= 0.6 is 0 Å². The highest BCUT2D eigenvalue weighted by molar-refractivity contribution is 5.58. The van der Waals surface area contributed by atoms with E-state index >= 15 is 0 Å². The molecule has 32 heavy (non-hydrogen) atoms. The number of ether oxygens (including phenoxy) is 5. The maximum absolute atomic E-state index is 9.98. The summed E-state index contributed by atoms with van der Waals surface area (Å²) in [6, 6.07) is 4.85. The van der Waals surface area contributed by atoms with E-state index in [0.29, 0.717) is 51.6 Å². The van der Waals surface area contributed by atoms with Crippen LogP contribution in [0.3, 0.4) is 0 Å². The molecule has 0 radical (unpaired) electrons. The minimum absolute atomic E-state index is 0.0181. The third-order valence-corrected chi connectivity index (χ3v) is 8.18. The molecule has 4 aliphatic rings. The Labute approximate surface area is 190 Å². The van der Waals surface area contributed by atoms with Gasteiger partial charge in [0.2, 0.25) is 0 Å². The zero-order chi connectivity index (χ0) is 22.1. The van der Waals surface area contributed by atoms with Crippen molar-refractivity contribution in [3.63, 3.8) is 0 Å². The fourth-order valence-electron chi connectivity index (χ4n) is 6.78. The predicted molar refractivity (Wildman–Crippen MR) is 119 cm³/mol. The molecule has 1 saturated carbocycles. The summed E-state index contributed by atoms with van der Waals surface area (Å²) in [5.74, 6) is 1.54. The Morgan fingerprint density at radius 2 is 1.88 bits per heavy atom. The van der Waals surface area contributed by atoms with E-state index in [2.05, 4.69) is 24.1 Å². The molecule has 0 aromatic heterocycles. The first kappa shape index (κ1) is 22.6. The van der Waals surface area contributed by atoms with Gasteiger partial charge in [-0.1, -0.05) is 12.1 Å². The van der Waals surface area contributed by atoms with Gasteiger partial charge in [-0.05, 0) is 50.8 Å². The number of likely N-dealkylation sites (N-methyl/N-ethyl adjacent to an activating group) is 1. The minimum atomic E-state index is 0.0181. The van der Waals surface area contributed by atoms with Crippen LogP contribution in [0.2, 0.25) is 0 Å². The lowest BCUT2D eigenvalue weighted by Gasteiger charge is -2.58. The van der Waals surface area contributed by atoms with Crippen molar-refractivity contribution in [3.05, 3.63) is 28.8 Å². The van der Waals surface area contributed by atoms with Crippen molar-refractivity contribution >= 4 is 0 Å². The van der Waals surface area contributed by atoms with Gasteiger partial charge < -0.3 is 33.7 Å². The number of nitrogens with zero attached hydrogens (tertiary/aromatic N) is 1. The molecular weight excluding hydrogens is 410 g/mol. The third kappa shape index (κ3) is 3.67. The fourth-order valence-corrected chi connectivity index (χ4v) is 6.78. The number of likely N-dealkylation sites (tertiary alicyclic amines) is 1. The number of hydrogen-bond acceptors (Lipinski definition) is 7. The second-order valence-electron chi connectivity index (χ2n) is 9.64. The average Bonchev–Trinajstić information content (AvgIpc) is 3.16. The molecule has 1 spiro atoms. The van der Waals surface area contributed by atoms with Crippen LogP contribution in [0.4, 0.5) is 0 Å². The molecule has 1 aromatic carbocycles. The summed E-state index contributed by atoms with van der Waals surface area (Å²) in [6.45, 7) is 4.55. The van der Waals surface area contributed by atoms with E-state index in [9.17, 15) is 5.11 Å². The van der Waals surface area contributed by atoms with Crippen LogP contribution in [0.15, 0.2) is 12.1 Å². The Hall–Kier alpha value is -1.22. The lowest BCUT2D eigenvalue weighted by atomic mass is 9.51. The van der Waals surface area contributed by atoms with Gasteiger partial charge in [-0.3, -0.25) is 0 Å². The fraction of sp³-hybridized carbons (Fsp3) is 0.760. The summed E-state index contributed by atoms with van der Waals surface area (Å²) < 4.78 is 29.2. The highest BCUT2D eigenvalue weighted by Gasteiger charge is 2.65. The molecule has 2 aliphatic carbocycles. The first-order chi connectivity index (χ1) is 15.7. The van der Waals surface area contributed by atoms with Crippen LogP contribution in [-0.4, -0.2) is 88.6 Å². The first-order valence-corrected chi connectivity index (χ1v) is 12.1. The lowest BCUT2D eigenvalue weighted by Crippen LogP contribution is -2.66. The van der Waals surface area contributed by atoms with Crippen LogP contribution < -0.4 is 4.74 Å². The van der Waals surface area contributed by atoms with E-state index < -0.39 is 0 Å². The van der Waals surface area contributed by atoms with E-state index in [1.54, 1.807) is 7.11 Å². The number of hydrogen-bond donors (Lipinski definition) is 1. The highest BCUT2D eigenvalue weighted by Crippen LogP contribution is 2.63. The molecule has 2 heterocycles. The van der Waals surface area contributed by atoms with Crippen molar-refractivity contribution in [1.82, 2.24) is 4.90 Å². The summed E-state index contributed by atoms with van der Waals surface area (Å²) in [4.78, 5) is 2.55.